The second kappa shape index (κ2) is 6.74. The van der Waals surface area contributed by atoms with Crippen LogP contribution in [0.25, 0.3) is 0 Å². The fourth-order valence-corrected chi connectivity index (χ4v) is 1.91. The molecule has 0 bridgehead atoms. The number of amides is 2. The number of hydrogen-bond donors (Lipinski definition) is 2. The molecule has 0 fully saturated rings. The normalized spacial score (nSPS) is 11.6. The van der Waals surface area contributed by atoms with Crippen LogP contribution in [-0.4, -0.2) is 13.1 Å². The number of anilines is 1. The van der Waals surface area contributed by atoms with Gasteiger partial charge >= 0.3 is 6.03 Å². The Kier molecular flexibility index (Phi) is 4.77. The second-order valence-electron chi connectivity index (χ2n) is 4.58. The minimum absolute atomic E-state index is 0.146. The molecule has 0 radical (unpaired) electrons. The summed E-state index contributed by atoms with van der Waals surface area (Å²) in [6.45, 7) is 1.84. The molecule has 0 aliphatic rings. The van der Waals surface area contributed by atoms with Crippen molar-refractivity contribution >= 4 is 11.7 Å². The van der Waals surface area contributed by atoms with E-state index >= 15 is 0 Å². The van der Waals surface area contributed by atoms with Gasteiger partial charge < -0.3 is 15.4 Å². The molecule has 0 heterocycles. The van der Waals surface area contributed by atoms with E-state index < -0.39 is 11.8 Å². The summed E-state index contributed by atoms with van der Waals surface area (Å²) in [5, 5.41) is 5.23. The van der Waals surface area contributed by atoms with E-state index in [1.807, 2.05) is 31.2 Å². The predicted octanol–water partition coefficient (Wildman–Crippen LogP) is 3.72. The van der Waals surface area contributed by atoms with Crippen molar-refractivity contribution in [2.75, 3.05) is 12.4 Å². The van der Waals surface area contributed by atoms with Crippen LogP contribution < -0.4 is 15.4 Å². The second-order valence-corrected chi connectivity index (χ2v) is 4.58. The van der Waals surface area contributed by atoms with Gasteiger partial charge in [-0.15, -0.1) is 0 Å². The Balaban J connectivity index is 2.00. The first-order valence-corrected chi connectivity index (χ1v) is 6.56. The standard InChI is InChI=1S/C16H17FN2O2/c1-11(12-6-5-7-13(10-12)21-2)18-16(20)19-15-9-4-3-8-14(15)17/h3-11H,1-2H3,(H2,18,19,20)/t11-/m0/s1. The third-order valence-electron chi connectivity index (χ3n) is 3.06. The first kappa shape index (κ1) is 14.8. The highest BCUT2D eigenvalue weighted by Gasteiger charge is 2.11. The van der Waals surface area contributed by atoms with Crippen molar-refractivity contribution in [2.24, 2.45) is 0 Å². The molecule has 2 rings (SSSR count). The number of ether oxygens (including phenoxy) is 1. The van der Waals surface area contributed by atoms with E-state index in [9.17, 15) is 9.18 Å². The number of carbonyl (C=O) groups is 1. The number of nitrogens with one attached hydrogen (secondary N) is 2. The number of rotatable bonds is 4. The van der Waals surface area contributed by atoms with Crippen molar-refractivity contribution in [3.63, 3.8) is 0 Å². The number of urea groups is 1. The quantitative estimate of drug-likeness (QED) is 0.901. The van der Waals surface area contributed by atoms with Crippen LogP contribution in [0.4, 0.5) is 14.9 Å². The van der Waals surface area contributed by atoms with Crippen molar-refractivity contribution in [3.8, 4) is 5.75 Å². The monoisotopic (exact) mass is 288 g/mol. The van der Waals surface area contributed by atoms with Crippen LogP contribution in [0.2, 0.25) is 0 Å². The Labute approximate surface area is 122 Å². The number of methoxy groups -OCH3 is 1. The van der Waals surface area contributed by atoms with Crippen LogP contribution in [0, 0.1) is 5.82 Å². The van der Waals surface area contributed by atoms with Gasteiger partial charge in [0.25, 0.3) is 0 Å². The highest BCUT2D eigenvalue weighted by Crippen LogP contribution is 2.19. The lowest BCUT2D eigenvalue weighted by Crippen LogP contribution is -2.31. The lowest BCUT2D eigenvalue weighted by atomic mass is 10.1. The van der Waals surface area contributed by atoms with E-state index in [4.69, 9.17) is 4.74 Å². The number of carbonyl (C=O) groups excluding carboxylic acids is 1. The van der Waals surface area contributed by atoms with Crippen LogP contribution in [-0.2, 0) is 0 Å². The molecule has 5 heteroatoms. The van der Waals surface area contributed by atoms with E-state index in [1.165, 1.54) is 12.1 Å². The minimum Gasteiger partial charge on any atom is -0.497 e. The predicted molar refractivity (Wildman–Crippen MR) is 80.0 cm³/mol. The summed E-state index contributed by atoms with van der Waals surface area (Å²) in [5.74, 6) is 0.248. The van der Waals surface area contributed by atoms with Gasteiger partial charge in [0.2, 0.25) is 0 Å². The molecule has 0 aromatic heterocycles. The summed E-state index contributed by atoms with van der Waals surface area (Å²) in [4.78, 5) is 11.9. The molecule has 2 amide bonds. The smallest absolute Gasteiger partial charge is 0.319 e. The third kappa shape index (κ3) is 3.95. The Hall–Kier alpha value is -2.56. The summed E-state index contributed by atoms with van der Waals surface area (Å²) >= 11 is 0. The maximum Gasteiger partial charge on any atom is 0.319 e. The van der Waals surface area contributed by atoms with Crippen molar-refractivity contribution in [1.82, 2.24) is 5.32 Å². The number of benzene rings is 2. The summed E-state index contributed by atoms with van der Waals surface area (Å²) in [6, 6.07) is 12.7. The van der Waals surface area contributed by atoms with E-state index in [-0.39, 0.29) is 11.7 Å². The van der Waals surface area contributed by atoms with Crippen molar-refractivity contribution < 1.29 is 13.9 Å². The zero-order chi connectivity index (χ0) is 15.2. The lowest BCUT2D eigenvalue weighted by molar-refractivity contribution is 0.249. The molecule has 0 aliphatic carbocycles. The molecule has 0 spiro atoms. The molecular formula is C16H17FN2O2. The van der Waals surface area contributed by atoms with E-state index in [0.717, 1.165) is 11.3 Å². The first-order chi connectivity index (χ1) is 10.1. The molecule has 21 heavy (non-hydrogen) atoms. The molecule has 2 aromatic carbocycles. The molecule has 0 unspecified atom stereocenters. The molecule has 110 valence electrons. The van der Waals surface area contributed by atoms with E-state index in [2.05, 4.69) is 10.6 Å². The van der Waals surface area contributed by atoms with Gasteiger partial charge in [0, 0.05) is 0 Å². The lowest BCUT2D eigenvalue weighted by Gasteiger charge is -2.16. The van der Waals surface area contributed by atoms with Crippen LogP contribution in [0.5, 0.6) is 5.75 Å². The largest absolute Gasteiger partial charge is 0.497 e. The average Bonchev–Trinajstić information content (AvgIpc) is 2.49. The van der Waals surface area contributed by atoms with Crippen LogP contribution >= 0.6 is 0 Å². The van der Waals surface area contributed by atoms with Crippen molar-refractivity contribution in [3.05, 3.63) is 59.9 Å². The Morgan fingerprint density at radius 3 is 2.67 bits per heavy atom. The highest BCUT2D eigenvalue weighted by atomic mass is 19.1. The zero-order valence-electron chi connectivity index (χ0n) is 11.9. The number of hydrogen-bond acceptors (Lipinski definition) is 2. The molecule has 4 nitrogen and oxygen atoms in total. The van der Waals surface area contributed by atoms with E-state index in [1.54, 1.807) is 19.2 Å². The van der Waals surface area contributed by atoms with Gasteiger partial charge in [0.05, 0.1) is 18.8 Å². The molecule has 0 saturated heterocycles. The molecular weight excluding hydrogens is 271 g/mol. The van der Waals surface area contributed by atoms with E-state index in [0.29, 0.717) is 0 Å². The number of halogens is 1. The minimum atomic E-state index is -0.471. The van der Waals surface area contributed by atoms with Crippen LogP contribution in [0.15, 0.2) is 48.5 Å². The van der Waals surface area contributed by atoms with Gasteiger partial charge in [0.15, 0.2) is 0 Å². The van der Waals surface area contributed by atoms with Gasteiger partial charge in [0.1, 0.15) is 11.6 Å². The SMILES string of the molecule is COc1cccc([C@H](C)NC(=O)Nc2ccccc2F)c1. The van der Waals surface area contributed by atoms with Crippen LogP contribution in [0.3, 0.4) is 0 Å². The van der Waals surface area contributed by atoms with Crippen molar-refractivity contribution in [2.45, 2.75) is 13.0 Å². The van der Waals surface area contributed by atoms with Crippen LogP contribution in [0.1, 0.15) is 18.5 Å². The van der Waals surface area contributed by atoms with Gasteiger partial charge in [-0.3, -0.25) is 0 Å². The van der Waals surface area contributed by atoms with Crippen molar-refractivity contribution in [1.29, 1.82) is 0 Å². The third-order valence-corrected chi connectivity index (χ3v) is 3.06. The molecule has 0 aliphatic heterocycles. The number of para-hydroxylation sites is 1. The fraction of sp³-hybridized carbons (Fsp3) is 0.188. The summed E-state index contributed by atoms with van der Waals surface area (Å²) < 4.78 is 18.6. The van der Waals surface area contributed by atoms with Gasteiger partial charge in [-0.2, -0.15) is 0 Å². The Morgan fingerprint density at radius 2 is 1.95 bits per heavy atom. The van der Waals surface area contributed by atoms with Gasteiger partial charge in [-0.25, -0.2) is 9.18 Å². The summed E-state index contributed by atoms with van der Waals surface area (Å²) in [6.07, 6.45) is 0. The molecule has 2 N–H and O–H groups in total. The molecule has 2 aromatic rings. The zero-order valence-corrected chi connectivity index (χ0v) is 11.9. The fourth-order valence-electron chi connectivity index (χ4n) is 1.91. The van der Waals surface area contributed by atoms with Gasteiger partial charge in [-0.1, -0.05) is 24.3 Å². The maximum absolute atomic E-state index is 13.5. The molecule has 1 atom stereocenters. The summed E-state index contributed by atoms with van der Waals surface area (Å²) in [5.41, 5.74) is 1.05. The first-order valence-electron chi connectivity index (χ1n) is 6.56. The molecule has 0 saturated carbocycles. The summed E-state index contributed by atoms with van der Waals surface area (Å²) in [7, 11) is 1.59. The topological polar surface area (TPSA) is 50.4 Å². The van der Waals surface area contributed by atoms with Gasteiger partial charge in [-0.05, 0) is 36.8 Å². The maximum atomic E-state index is 13.5. The Morgan fingerprint density at radius 1 is 1.19 bits per heavy atom. The Bertz CT molecular complexity index is 631. The average molecular weight is 288 g/mol. The highest BCUT2D eigenvalue weighted by molar-refractivity contribution is 5.89.